The third-order valence-corrected chi connectivity index (χ3v) is 13.5. The molecule has 0 saturated heterocycles. The van der Waals surface area contributed by atoms with Crippen LogP contribution in [0.4, 0.5) is 48.3 Å². The largest absolute Gasteiger partial charge is 0.492 e. The summed E-state index contributed by atoms with van der Waals surface area (Å²) >= 11 is 0. The highest BCUT2D eigenvalue weighted by Crippen LogP contribution is 2.64. The maximum Gasteiger partial charge on any atom is 0.415 e. The number of halogens is 11. The Labute approximate surface area is 329 Å². The van der Waals surface area contributed by atoms with Gasteiger partial charge >= 0.3 is 36.4 Å². The van der Waals surface area contributed by atoms with Crippen molar-refractivity contribution >= 4 is 22.8 Å². The van der Waals surface area contributed by atoms with Crippen molar-refractivity contribution in [2.45, 2.75) is 116 Å². The Bertz CT molecular complexity index is 1930. The average molecular weight is 854 g/mol. The lowest BCUT2D eigenvalue weighted by Gasteiger charge is -2.59. The fourth-order valence-corrected chi connectivity index (χ4v) is 10.8. The molecule has 17 heteroatoms. The van der Waals surface area contributed by atoms with Crippen LogP contribution in [0.3, 0.4) is 0 Å². The number of hydrogen-bond acceptors (Lipinski definition) is 5. The maximum absolute atomic E-state index is 13.9. The molecule has 7 rings (SSSR count). The molecule has 0 aliphatic heterocycles. The Hall–Kier alpha value is -4.02. The first-order chi connectivity index (χ1) is 26.6. The van der Waals surface area contributed by atoms with Gasteiger partial charge in [0.05, 0.1) is 16.3 Å². The van der Waals surface area contributed by atoms with Gasteiger partial charge in [0.1, 0.15) is 23.7 Å². The minimum absolute atomic E-state index is 0.0145. The van der Waals surface area contributed by atoms with Crippen molar-refractivity contribution in [3.05, 3.63) is 78.4 Å². The summed E-state index contributed by atoms with van der Waals surface area (Å²) in [5.41, 5.74) is -7.61. The number of rotatable bonds is 10. The van der Waals surface area contributed by atoms with Crippen molar-refractivity contribution in [3.63, 3.8) is 0 Å². The molecule has 316 valence electrons. The zero-order valence-corrected chi connectivity index (χ0v) is 32.5. The first kappa shape index (κ1) is 43.6. The molecule has 5 nitrogen and oxygen atoms in total. The van der Waals surface area contributed by atoms with Gasteiger partial charge in [0.15, 0.2) is 14.7 Å². The minimum Gasteiger partial charge on any atom is -0.492 e. The van der Waals surface area contributed by atoms with Crippen molar-refractivity contribution in [1.29, 1.82) is 0 Å². The summed E-state index contributed by atoms with van der Waals surface area (Å²) < 4.78 is 165. The summed E-state index contributed by atoms with van der Waals surface area (Å²) in [5, 5.41) is 0. The van der Waals surface area contributed by atoms with Crippen LogP contribution < -0.4 is 9.47 Å². The topological polar surface area (TPSA) is 61.8 Å². The average Bonchev–Trinajstić information content (AvgIpc) is 3.07. The summed E-state index contributed by atoms with van der Waals surface area (Å²) in [7, 11) is -1.02. The van der Waals surface area contributed by atoms with E-state index in [0.717, 1.165) is 29.0 Å². The number of carbonyl (C=O) groups excluding carboxylic acids is 2. The fraction of sp³-hybridized carbons (Fsp3) is 0.512. The van der Waals surface area contributed by atoms with Crippen molar-refractivity contribution in [2.24, 2.45) is 22.7 Å². The Morgan fingerprint density at radius 1 is 0.638 bits per heavy atom. The Morgan fingerprint density at radius 3 is 1.48 bits per heavy atom. The zero-order valence-electron chi connectivity index (χ0n) is 31.6. The van der Waals surface area contributed by atoms with Crippen LogP contribution in [0.25, 0.3) is 0 Å². The molecule has 3 atom stereocenters. The van der Waals surface area contributed by atoms with Crippen LogP contribution in [0, 0.1) is 22.7 Å². The van der Waals surface area contributed by atoms with E-state index in [0.29, 0.717) is 42.4 Å². The summed E-state index contributed by atoms with van der Waals surface area (Å²) in [6, 6.07) is 18.5. The van der Waals surface area contributed by atoms with Gasteiger partial charge in [-0.3, -0.25) is 4.79 Å². The van der Waals surface area contributed by atoms with Crippen molar-refractivity contribution in [3.8, 4) is 11.5 Å². The molecule has 0 N–H and O–H groups in total. The van der Waals surface area contributed by atoms with Crippen molar-refractivity contribution < 1.29 is 72.1 Å². The van der Waals surface area contributed by atoms with E-state index in [-0.39, 0.29) is 29.4 Å². The highest BCUT2D eigenvalue weighted by Gasteiger charge is 2.84. The predicted octanol–water partition coefficient (Wildman–Crippen LogP) is 11.6. The van der Waals surface area contributed by atoms with E-state index in [4.69, 9.17) is 9.47 Å². The van der Waals surface area contributed by atoms with Crippen LogP contribution in [-0.4, -0.2) is 48.6 Å². The third kappa shape index (κ3) is 8.25. The molecule has 0 aromatic heterocycles. The maximum atomic E-state index is 13.9. The van der Waals surface area contributed by atoms with E-state index in [1.807, 2.05) is 45.0 Å². The van der Waals surface area contributed by atoms with Gasteiger partial charge in [0.2, 0.25) is 0 Å². The lowest BCUT2D eigenvalue weighted by Crippen LogP contribution is -2.62. The minimum atomic E-state index is -6.77. The Balaban J connectivity index is 1.25. The molecule has 4 fully saturated rings. The van der Waals surface area contributed by atoms with Gasteiger partial charge in [-0.1, -0.05) is 32.9 Å². The Kier molecular flexibility index (Phi) is 11.0. The lowest BCUT2D eigenvalue weighted by atomic mass is 9.48. The van der Waals surface area contributed by atoms with E-state index >= 15 is 0 Å². The highest BCUT2D eigenvalue weighted by molar-refractivity contribution is 7.97. The second-order valence-corrected chi connectivity index (χ2v) is 18.8. The van der Waals surface area contributed by atoms with Gasteiger partial charge in [0.25, 0.3) is 5.41 Å². The van der Waals surface area contributed by atoms with Crippen LogP contribution in [0.15, 0.2) is 87.5 Å². The Morgan fingerprint density at radius 2 is 1.07 bits per heavy atom. The third-order valence-electron chi connectivity index (χ3n) is 11.3. The van der Waals surface area contributed by atoms with Crippen molar-refractivity contribution in [2.75, 3.05) is 6.61 Å². The molecule has 3 aromatic carbocycles. The summed E-state index contributed by atoms with van der Waals surface area (Å²) in [5.74, 6) is -6.43. The molecule has 3 aromatic rings. The summed E-state index contributed by atoms with van der Waals surface area (Å²) in [4.78, 5) is 27.9. The molecule has 58 heavy (non-hydrogen) atoms. The first-order valence-corrected chi connectivity index (χ1v) is 19.5. The van der Waals surface area contributed by atoms with E-state index < -0.39 is 76.1 Å². The number of benzene rings is 3. The van der Waals surface area contributed by atoms with Crippen LogP contribution in [-0.2, 0) is 30.6 Å². The predicted molar refractivity (Wildman–Crippen MR) is 188 cm³/mol. The van der Waals surface area contributed by atoms with Gasteiger partial charge in [-0.15, -0.1) is 0 Å². The van der Waals surface area contributed by atoms with Crippen molar-refractivity contribution in [1.82, 2.24) is 0 Å². The molecular formula is C41H40F11O5S+. The molecule has 3 unspecified atom stereocenters. The number of carbonyl (C=O) groups is 2. The number of esters is 2. The van der Waals surface area contributed by atoms with Gasteiger partial charge in [0, 0.05) is 13.3 Å². The zero-order chi connectivity index (χ0) is 42.9. The number of alkyl halides is 11. The van der Waals surface area contributed by atoms with E-state index in [1.165, 1.54) is 24.3 Å². The molecule has 0 spiro atoms. The van der Waals surface area contributed by atoms with Crippen LogP contribution in [0.5, 0.6) is 11.5 Å². The SMILES string of the molecule is CC(F)(F)C(=O)OC12CC3CC(C1)CC(C(=O)Oc1ccc([S+](c4ccc(OCC(C(F)(F)F)(C(F)(F)F)C(F)(F)F)cc4)c4ccc(C(C)(C)C)cc4)cc1)(C3)C2. The van der Waals surface area contributed by atoms with Gasteiger partial charge < -0.3 is 14.2 Å². The summed E-state index contributed by atoms with van der Waals surface area (Å²) in [6.45, 7) is 3.69. The van der Waals surface area contributed by atoms with Gasteiger partial charge in [-0.05, 0) is 116 Å². The smallest absolute Gasteiger partial charge is 0.415 e. The van der Waals surface area contributed by atoms with Crippen LogP contribution in [0.1, 0.15) is 71.8 Å². The molecule has 4 bridgehead atoms. The molecule has 4 aliphatic rings. The normalized spacial score (nSPS) is 24.3. The first-order valence-electron chi connectivity index (χ1n) is 18.3. The van der Waals surface area contributed by atoms with Crippen LogP contribution in [0.2, 0.25) is 0 Å². The molecule has 4 aliphatic carbocycles. The molecular weight excluding hydrogens is 813 g/mol. The van der Waals surface area contributed by atoms with E-state index in [9.17, 15) is 57.9 Å². The number of hydrogen-bond donors (Lipinski definition) is 0. The second-order valence-electron chi connectivity index (χ2n) is 16.8. The van der Waals surface area contributed by atoms with Crippen LogP contribution >= 0.6 is 0 Å². The molecule has 0 heterocycles. The molecule has 0 amide bonds. The van der Waals surface area contributed by atoms with Gasteiger partial charge in [-0.25, -0.2) is 4.79 Å². The quantitative estimate of drug-likeness (QED) is 0.0880. The lowest BCUT2D eigenvalue weighted by molar-refractivity contribution is -0.431. The van der Waals surface area contributed by atoms with E-state index in [2.05, 4.69) is 4.74 Å². The van der Waals surface area contributed by atoms with Gasteiger partial charge in [-0.2, -0.15) is 48.3 Å². The molecule has 4 saturated carbocycles. The monoisotopic (exact) mass is 853 g/mol. The summed E-state index contributed by atoms with van der Waals surface area (Å²) in [6.07, 6.45) is -17.8. The fourth-order valence-electron chi connectivity index (χ4n) is 8.77. The second kappa shape index (κ2) is 14.6. The van der Waals surface area contributed by atoms with E-state index in [1.54, 1.807) is 12.1 Å². The molecule has 0 radical (unpaired) electrons. The standard InChI is InChI=1S/C41H40F11O5S/c1-34(2,3)26-5-11-29(12-6-26)58(30-13-7-27(8-14-30)55-23-38(39(44,45)46,40(47,48)49)41(50,51)52)31-15-9-28(10-16-31)56-33(54)36-18-24-17-25(19-36)21-37(20-24,22-36)57-32(53)35(4,42)43/h5-16,24-25H,17-23H2,1-4H3/q+1. The number of ether oxygens (including phenoxy) is 3. The highest BCUT2D eigenvalue weighted by atomic mass is 32.2.